The van der Waals surface area contributed by atoms with Gasteiger partial charge in [0.2, 0.25) is 0 Å². The molecule has 0 aliphatic heterocycles. The largest absolute Gasteiger partial charge is 0.510 e. The van der Waals surface area contributed by atoms with Gasteiger partial charge < -0.3 is 9.47 Å². The van der Waals surface area contributed by atoms with E-state index in [-0.39, 0.29) is 0 Å². The average Bonchev–Trinajstić information content (AvgIpc) is 2.27. The van der Waals surface area contributed by atoms with Gasteiger partial charge in [-0.15, -0.1) is 0 Å². The second-order valence-electron chi connectivity index (χ2n) is 5.24. The highest BCUT2D eigenvalue weighted by Crippen LogP contribution is 2.27. The molecule has 0 heterocycles. The molecule has 0 amide bonds. The average molecular weight is 248 g/mol. The quantitative estimate of drug-likeness (QED) is 0.598. The minimum atomic E-state index is -0.885. The van der Waals surface area contributed by atoms with E-state index in [1.165, 1.54) is 0 Å². The van der Waals surface area contributed by atoms with E-state index in [1.807, 2.05) is 30.3 Å². The maximum absolute atomic E-state index is 11.7. The van der Waals surface area contributed by atoms with Crippen molar-refractivity contribution in [1.82, 2.24) is 0 Å². The predicted molar refractivity (Wildman–Crippen MR) is 71.3 cm³/mol. The molecule has 98 valence electrons. The van der Waals surface area contributed by atoms with Crippen LogP contribution in [0.1, 0.15) is 33.3 Å². The van der Waals surface area contributed by atoms with Crippen molar-refractivity contribution in [2.45, 2.75) is 38.9 Å². The molecule has 1 atom stereocenters. The molecule has 0 N–H and O–H groups in total. The number of rotatable bonds is 3. The van der Waals surface area contributed by atoms with E-state index in [0.29, 0.717) is 0 Å². The number of carbonyl (C=O) groups is 1. The van der Waals surface area contributed by atoms with Crippen molar-refractivity contribution in [3.63, 3.8) is 0 Å². The Labute approximate surface area is 108 Å². The Bertz CT molecular complexity index is 417. The van der Waals surface area contributed by atoms with Gasteiger partial charge in [-0.25, -0.2) is 4.79 Å². The summed E-state index contributed by atoms with van der Waals surface area (Å²) in [6, 6.07) is 9.43. The molecule has 0 aliphatic rings. The van der Waals surface area contributed by atoms with E-state index in [4.69, 9.17) is 9.47 Å². The third-order valence-corrected chi connectivity index (χ3v) is 2.42. The van der Waals surface area contributed by atoms with Crippen molar-refractivity contribution < 1.29 is 14.3 Å². The molecule has 3 heteroatoms. The predicted octanol–water partition coefficient (Wildman–Crippen LogP) is 4.04. The van der Waals surface area contributed by atoms with Gasteiger partial charge in [-0.05, 0) is 39.3 Å². The highest BCUT2D eigenvalue weighted by Gasteiger charge is 2.30. The fourth-order valence-corrected chi connectivity index (χ4v) is 1.43. The van der Waals surface area contributed by atoms with E-state index < -0.39 is 17.4 Å². The molecule has 1 unspecified atom stereocenters. The van der Waals surface area contributed by atoms with Crippen LogP contribution in [0.3, 0.4) is 0 Å². The van der Waals surface area contributed by atoms with Gasteiger partial charge in [0, 0.05) is 0 Å². The summed E-state index contributed by atoms with van der Waals surface area (Å²) in [7, 11) is 0. The molecule has 18 heavy (non-hydrogen) atoms. The third-order valence-electron chi connectivity index (χ3n) is 2.42. The zero-order valence-corrected chi connectivity index (χ0v) is 11.4. The molecular formula is C15H20O3. The molecule has 0 saturated carbocycles. The summed E-state index contributed by atoms with van der Waals surface area (Å²) in [5, 5.41) is 0. The first kappa shape index (κ1) is 14.3. The number of hydrogen-bond donors (Lipinski definition) is 0. The highest BCUT2D eigenvalue weighted by molar-refractivity contribution is 5.62. The Balaban J connectivity index is 2.85. The van der Waals surface area contributed by atoms with Gasteiger partial charge in [0.1, 0.15) is 5.60 Å². The van der Waals surface area contributed by atoms with Gasteiger partial charge in [-0.2, -0.15) is 0 Å². The van der Waals surface area contributed by atoms with Crippen molar-refractivity contribution in [2.75, 3.05) is 0 Å². The Morgan fingerprint density at radius 2 is 1.67 bits per heavy atom. The minimum Gasteiger partial charge on any atom is -0.429 e. The second-order valence-corrected chi connectivity index (χ2v) is 5.24. The Kier molecular flexibility index (Phi) is 4.17. The number of carbonyl (C=O) groups excluding carboxylic acids is 1. The van der Waals surface area contributed by atoms with Crippen LogP contribution in [0.25, 0.3) is 0 Å². The van der Waals surface area contributed by atoms with Crippen molar-refractivity contribution in [2.24, 2.45) is 0 Å². The molecule has 1 aromatic carbocycles. The van der Waals surface area contributed by atoms with Gasteiger partial charge in [0.25, 0.3) is 0 Å². The zero-order valence-electron chi connectivity index (χ0n) is 11.4. The molecule has 3 nitrogen and oxygen atoms in total. The summed E-state index contributed by atoms with van der Waals surface area (Å²) >= 11 is 0. The SMILES string of the molecule is C=CC(C)(OC(=O)OC(C)(C)C)c1ccccc1. The van der Waals surface area contributed by atoms with Gasteiger partial charge in [0.15, 0.2) is 5.60 Å². The Morgan fingerprint density at radius 3 is 2.11 bits per heavy atom. The number of ether oxygens (including phenoxy) is 2. The van der Waals surface area contributed by atoms with Crippen molar-refractivity contribution in [3.05, 3.63) is 48.6 Å². The monoisotopic (exact) mass is 248 g/mol. The molecule has 0 aromatic heterocycles. The number of hydrogen-bond acceptors (Lipinski definition) is 3. The Hall–Kier alpha value is -1.77. The molecule has 0 bridgehead atoms. The first-order chi connectivity index (χ1) is 8.27. The molecule has 0 radical (unpaired) electrons. The first-order valence-corrected chi connectivity index (χ1v) is 5.88. The van der Waals surface area contributed by atoms with E-state index in [1.54, 1.807) is 33.8 Å². The lowest BCUT2D eigenvalue weighted by Gasteiger charge is -2.28. The molecule has 0 aliphatic carbocycles. The van der Waals surface area contributed by atoms with Crippen LogP contribution in [-0.4, -0.2) is 11.8 Å². The Morgan fingerprint density at radius 1 is 1.11 bits per heavy atom. The first-order valence-electron chi connectivity index (χ1n) is 5.88. The van der Waals surface area contributed by atoms with Crippen molar-refractivity contribution in [3.8, 4) is 0 Å². The molecule has 0 spiro atoms. The van der Waals surface area contributed by atoms with Crippen LogP contribution in [0.2, 0.25) is 0 Å². The van der Waals surface area contributed by atoms with Crippen LogP contribution in [-0.2, 0) is 15.1 Å². The summed E-state index contributed by atoms with van der Waals surface area (Å²) in [6.07, 6.45) is 0.889. The summed E-state index contributed by atoms with van der Waals surface area (Å²) in [5.41, 5.74) is -0.606. The smallest absolute Gasteiger partial charge is 0.429 e. The van der Waals surface area contributed by atoms with E-state index >= 15 is 0 Å². The molecule has 1 aromatic rings. The van der Waals surface area contributed by atoms with Crippen LogP contribution in [0.15, 0.2) is 43.0 Å². The van der Waals surface area contributed by atoms with Gasteiger partial charge in [-0.3, -0.25) is 0 Å². The zero-order chi connectivity index (χ0) is 13.8. The topological polar surface area (TPSA) is 35.5 Å². The van der Waals surface area contributed by atoms with E-state index in [0.717, 1.165) is 5.56 Å². The van der Waals surface area contributed by atoms with E-state index in [2.05, 4.69) is 6.58 Å². The van der Waals surface area contributed by atoms with Crippen LogP contribution < -0.4 is 0 Å². The lowest BCUT2D eigenvalue weighted by Crippen LogP contribution is -2.31. The van der Waals surface area contributed by atoms with Crippen LogP contribution in [0, 0.1) is 0 Å². The van der Waals surface area contributed by atoms with Crippen LogP contribution in [0.4, 0.5) is 4.79 Å². The molecular weight excluding hydrogens is 228 g/mol. The fraction of sp³-hybridized carbons (Fsp3) is 0.400. The summed E-state index contributed by atoms with van der Waals surface area (Å²) in [4.78, 5) is 11.7. The van der Waals surface area contributed by atoms with Gasteiger partial charge in [0.05, 0.1) is 0 Å². The molecule has 0 saturated heterocycles. The maximum atomic E-state index is 11.7. The van der Waals surface area contributed by atoms with E-state index in [9.17, 15) is 4.79 Å². The second kappa shape index (κ2) is 5.25. The maximum Gasteiger partial charge on any atom is 0.510 e. The van der Waals surface area contributed by atoms with Crippen LogP contribution >= 0.6 is 0 Å². The number of benzene rings is 1. The lowest BCUT2D eigenvalue weighted by molar-refractivity contribution is -0.0453. The van der Waals surface area contributed by atoms with Crippen LogP contribution in [0.5, 0.6) is 0 Å². The lowest BCUT2D eigenvalue weighted by atomic mass is 9.96. The van der Waals surface area contributed by atoms with Gasteiger partial charge in [-0.1, -0.05) is 36.9 Å². The third kappa shape index (κ3) is 3.91. The summed E-state index contributed by atoms with van der Waals surface area (Å²) in [5.74, 6) is 0. The summed E-state index contributed by atoms with van der Waals surface area (Å²) < 4.78 is 10.5. The normalized spacial score (nSPS) is 14.4. The van der Waals surface area contributed by atoms with Gasteiger partial charge >= 0.3 is 6.16 Å². The van der Waals surface area contributed by atoms with Crippen molar-refractivity contribution >= 4 is 6.16 Å². The van der Waals surface area contributed by atoms with Crippen molar-refractivity contribution in [1.29, 1.82) is 0 Å². The standard InChI is InChI=1S/C15H20O3/c1-6-15(5,12-10-8-7-9-11-12)18-13(16)17-14(2,3)4/h6-11H,1H2,2-5H3. The summed E-state index contributed by atoms with van der Waals surface area (Å²) in [6.45, 7) is 10.9. The minimum absolute atomic E-state index is 0.574. The highest BCUT2D eigenvalue weighted by atomic mass is 16.7. The molecule has 0 fully saturated rings. The fourth-order valence-electron chi connectivity index (χ4n) is 1.43. The molecule has 1 rings (SSSR count).